The number of benzene rings is 1. The van der Waals surface area contributed by atoms with Crippen molar-refractivity contribution in [2.45, 2.75) is 82.7 Å². The summed E-state index contributed by atoms with van der Waals surface area (Å²) in [7, 11) is 0. The highest BCUT2D eigenvalue weighted by molar-refractivity contribution is 5.85. The Balaban J connectivity index is 2.08. The third kappa shape index (κ3) is 29.0. The number of carbonyl (C=O) groups excluding carboxylic acids is 6. The lowest BCUT2D eigenvalue weighted by Gasteiger charge is -2.15. The fourth-order valence-corrected chi connectivity index (χ4v) is 5.00. The zero-order valence-electron chi connectivity index (χ0n) is 32.5. The second-order valence-corrected chi connectivity index (χ2v) is 12.7. The fourth-order valence-electron chi connectivity index (χ4n) is 5.00. The number of amides is 5. The summed E-state index contributed by atoms with van der Waals surface area (Å²) in [6.45, 7) is 1.99. The molecule has 0 fully saturated rings. The van der Waals surface area contributed by atoms with Crippen molar-refractivity contribution in [2.75, 3.05) is 72.5 Å². The van der Waals surface area contributed by atoms with E-state index >= 15 is 0 Å². The van der Waals surface area contributed by atoms with Gasteiger partial charge in [-0.2, -0.15) is 0 Å². The van der Waals surface area contributed by atoms with E-state index in [0.29, 0.717) is 58.1 Å². The van der Waals surface area contributed by atoms with Crippen LogP contribution >= 0.6 is 0 Å². The maximum atomic E-state index is 12.3. The van der Waals surface area contributed by atoms with E-state index in [1.165, 1.54) is 0 Å². The molecule has 19 nitrogen and oxygen atoms in total. The van der Waals surface area contributed by atoms with Gasteiger partial charge in [-0.15, -0.1) is 0 Å². The largest absolute Gasteiger partial charge is 0.480 e. The minimum atomic E-state index is -1.27. The maximum Gasteiger partial charge on any atom is 0.326 e. The van der Waals surface area contributed by atoms with Crippen molar-refractivity contribution >= 4 is 47.8 Å². The van der Waals surface area contributed by atoms with Crippen LogP contribution in [0.1, 0.15) is 69.8 Å². The van der Waals surface area contributed by atoms with Crippen molar-refractivity contribution in [3.8, 4) is 0 Å². The lowest BCUT2D eigenvalue weighted by molar-refractivity contribution is -0.142. The Bertz CT molecular complexity index is 1350. The number of carbonyl (C=O) groups is 8. The highest BCUT2D eigenvalue weighted by Crippen LogP contribution is 2.07. The number of aryl methyl sites for hydroxylation is 1. The molecular formula is C38H59N5O14. The van der Waals surface area contributed by atoms with Crippen molar-refractivity contribution in [2.24, 2.45) is 0 Å². The molecule has 0 aliphatic heterocycles. The highest BCUT2D eigenvalue weighted by atomic mass is 16.5. The molecule has 0 saturated carbocycles. The molecule has 2 atom stereocenters. The third-order valence-electron chi connectivity index (χ3n) is 8.00. The Labute approximate surface area is 332 Å². The Kier molecular flexibility index (Phi) is 29.1. The normalized spacial score (nSPS) is 11.8. The number of carboxylic acid groups (broad SMARTS) is 2. The van der Waals surface area contributed by atoms with E-state index in [4.69, 9.17) is 18.9 Å². The van der Waals surface area contributed by atoms with Crippen LogP contribution in [0.5, 0.6) is 0 Å². The molecule has 5 amide bonds. The van der Waals surface area contributed by atoms with Gasteiger partial charge in [0.05, 0.1) is 39.6 Å². The van der Waals surface area contributed by atoms with Gasteiger partial charge in [0.1, 0.15) is 31.6 Å². The van der Waals surface area contributed by atoms with E-state index in [2.05, 4.69) is 26.6 Å². The lowest BCUT2D eigenvalue weighted by Crippen LogP contribution is -2.41. The molecule has 0 aliphatic rings. The molecule has 0 spiro atoms. The summed E-state index contributed by atoms with van der Waals surface area (Å²) < 4.78 is 20.7. The Morgan fingerprint density at radius 1 is 0.544 bits per heavy atom. The predicted molar refractivity (Wildman–Crippen MR) is 204 cm³/mol. The van der Waals surface area contributed by atoms with Crippen LogP contribution in [0.25, 0.3) is 0 Å². The van der Waals surface area contributed by atoms with E-state index in [1.807, 2.05) is 30.3 Å². The van der Waals surface area contributed by atoms with Crippen LogP contribution in [-0.2, 0) is 63.7 Å². The van der Waals surface area contributed by atoms with Gasteiger partial charge in [0.15, 0.2) is 0 Å². The second-order valence-electron chi connectivity index (χ2n) is 12.7. The summed E-state index contributed by atoms with van der Waals surface area (Å²) in [6, 6.07) is 7.20. The van der Waals surface area contributed by atoms with Gasteiger partial charge in [0, 0.05) is 45.3 Å². The van der Waals surface area contributed by atoms with Gasteiger partial charge >= 0.3 is 11.9 Å². The molecule has 0 unspecified atom stereocenters. The topological polar surface area (TPSA) is 274 Å². The van der Waals surface area contributed by atoms with Crippen molar-refractivity contribution in [1.82, 2.24) is 26.6 Å². The lowest BCUT2D eigenvalue weighted by atomic mass is 10.1. The van der Waals surface area contributed by atoms with Gasteiger partial charge in [0.25, 0.3) is 0 Å². The van der Waals surface area contributed by atoms with Gasteiger partial charge in [-0.05, 0) is 44.1 Å². The number of carboxylic acids is 2. The molecule has 0 bridgehead atoms. The van der Waals surface area contributed by atoms with Crippen molar-refractivity contribution in [1.29, 1.82) is 0 Å². The highest BCUT2D eigenvalue weighted by Gasteiger charge is 2.22. The predicted octanol–water partition coefficient (Wildman–Crippen LogP) is -0.117. The molecule has 320 valence electrons. The molecule has 0 aliphatic carbocycles. The molecule has 1 aromatic carbocycles. The van der Waals surface area contributed by atoms with Crippen molar-refractivity contribution < 1.29 is 67.5 Å². The molecule has 57 heavy (non-hydrogen) atoms. The van der Waals surface area contributed by atoms with Crippen molar-refractivity contribution in [3.63, 3.8) is 0 Å². The zero-order chi connectivity index (χ0) is 41.9. The Morgan fingerprint density at radius 3 is 1.61 bits per heavy atom. The van der Waals surface area contributed by atoms with Crippen LogP contribution in [0, 0.1) is 0 Å². The monoisotopic (exact) mass is 809 g/mol. The quantitative estimate of drug-likeness (QED) is 0.0344. The molecule has 1 aromatic rings. The summed E-state index contributed by atoms with van der Waals surface area (Å²) in [5.41, 5.74) is 1.08. The summed E-state index contributed by atoms with van der Waals surface area (Å²) in [5.74, 6) is -4.46. The van der Waals surface area contributed by atoms with Gasteiger partial charge < -0.3 is 60.5 Å². The molecule has 0 saturated heterocycles. The number of hydrogen-bond acceptors (Lipinski definition) is 12. The summed E-state index contributed by atoms with van der Waals surface area (Å²) >= 11 is 0. The molecule has 0 aromatic heterocycles. The smallest absolute Gasteiger partial charge is 0.326 e. The van der Waals surface area contributed by atoms with Gasteiger partial charge in [-0.25, -0.2) is 9.59 Å². The molecule has 19 heteroatoms. The SMILES string of the molecule is O=CCOCCOCCNC(=O)COCCOCCNC(=O)CC[C@H](NC(=O)CCCCCNC(=O)CC[C@H](NC(=O)CCCc1ccccc1)C(=O)O)C(=O)O. The van der Waals surface area contributed by atoms with E-state index in [0.717, 1.165) is 5.56 Å². The average molecular weight is 810 g/mol. The number of unbranched alkanes of at least 4 members (excludes halogenated alkanes) is 2. The van der Waals surface area contributed by atoms with Gasteiger partial charge in [0.2, 0.25) is 29.5 Å². The fraction of sp³-hybridized carbons (Fsp3) is 0.632. The third-order valence-corrected chi connectivity index (χ3v) is 8.00. The summed E-state index contributed by atoms with van der Waals surface area (Å²) in [4.78, 5) is 94.0. The molecular weight excluding hydrogens is 750 g/mol. The minimum Gasteiger partial charge on any atom is -0.480 e. The molecule has 7 N–H and O–H groups in total. The first-order valence-corrected chi connectivity index (χ1v) is 19.1. The van der Waals surface area contributed by atoms with Crippen LogP contribution in [0.15, 0.2) is 30.3 Å². The minimum absolute atomic E-state index is 0.0124. The second kappa shape index (κ2) is 33.2. The van der Waals surface area contributed by atoms with Crippen LogP contribution < -0.4 is 26.6 Å². The average Bonchev–Trinajstić information content (AvgIpc) is 3.18. The first-order chi connectivity index (χ1) is 27.5. The molecule has 0 heterocycles. The van der Waals surface area contributed by atoms with Gasteiger partial charge in [-0.3, -0.25) is 24.0 Å². The van der Waals surface area contributed by atoms with Crippen LogP contribution in [0.3, 0.4) is 0 Å². The van der Waals surface area contributed by atoms with E-state index in [1.54, 1.807) is 0 Å². The number of aldehydes is 1. The zero-order valence-corrected chi connectivity index (χ0v) is 32.5. The van der Waals surface area contributed by atoms with Crippen LogP contribution in [0.4, 0.5) is 0 Å². The Morgan fingerprint density at radius 2 is 1.05 bits per heavy atom. The van der Waals surface area contributed by atoms with E-state index < -0.39 is 41.7 Å². The summed E-state index contributed by atoms with van der Waals surface area (Å²) in [5, 5.41) is 31.8. The van der Waals surface area contributed by atoms with Crippen LogP contribution in [0.2, 0.25) is 0 Å². The van der Waals surface area contributed by atoms with Crippen LogP contribution in [-0.4, -0.2) is 143 Å². The summed E-state index contributed by atoms with van der Waals surface area (Å²) in [6.07, 6.45) is 3.26. The number of rotatable bonds is 36. The number of ether oxygens (including phenoxy) is 4. The number of aliphatic carboxylic acids is 2. The Hall–Kier alpha value is -4.98. The first-order valence-electron chi connectivity index (χ1n) is 19.1. The molecule has 0 radical (unpaired) electrons. The van der Waals surface area contributed by atoms with Gasteiger partial charge in [-0.1, -0.05) is 36.8 Å². The maximum absolute atomic E-state index is 12.3. The number of hydrogen-bond donors (Lipinski definition) is 7. The standard InChI is InChI=1S/C38H59N5O14/c44-20-23-56-25-24-54-22-19-41-36(49)28-57-27-26-55-21-18-40-33(46)16-14-30(37(50)51)42-34(47)11-5-2-6-17-39-32(45)15-13-31(38(52)53)43-35(48)12-7-10-29-8-3-1-4-9-29/h1,3-4,8-9,20,30-31H,2,5-7,10-19,21-28H2,(H,39,45)(H,40,46)(H,41,49)(H,42,47)(H,43,48)(H,50,51)(H,52,53)/t30-,31-/m0/s1. The van der Waals surface area contributed by atoms with E-state index in [9.17, 15) is 48.6 Å². The van der Waals surface area contributed by atoms with Crippen molar-refractivity contribution in [3.05, 3.63) is 35.9 Å². The molecule has 1 rings (SSSR count). The first kappa shape index (κ1) is 50.0. The number of nitrogens with one attached hydrogen (secondary N) is 5. The van der Waals surface area contributed by atoms with E-state index in [-0.39, 0.29) is 103 Å².